The number of carbonyl (C=O) groups is 1. The van der Waals surface area contributed by atoms with Gasteiger partial charge in [-0.15, -0.1) is 0 Å². The largest absolute Gasteiger partial charge is 0.416 e. The molecule has 0 saturated heterocycles. The van der Waals surface area contributed by atoms with Crippen LogP contribution in [0.2, 0.25) is 0 Å². The molecule has 0 aliphatic heterocycles. The van der Waals surface area contributed by atoms with Crippen molar-refractivity contribution in [2.75, 3.05) is 10.6 Å². The normalized spacial score (nSPS) is 27.8. The van der Waals surface area contributed by atoms with Crippen LogP contribution in [0.25, 0.3) is 0 Å². The van der Waals surface area contributed by atoms with E-state index in [-0.39, 0.29) is 17.6 Å². The summed E-state index contributed by atoms with van der Waals surface area (Å²) >= 11 is 0. The number of fused-ring (bicyclic) bond motifs is 2. The van der Waals surface area contributed by atoms with Crippen molar-refractivity contribution < 1.29 is 18.0 Å². The first-order valence-electron chi connectivity index (χ1n) is 10.7. The first-order chi connectivity index (χ1) is 13.4. The summed E-state index contributed by atoms with van der Waals surface area (Å²) in [6.45, 7) is 0. The first-order valence-corrected chi connectivity index (χ1v) is 10.7. The second kappa shape index (κ2) is 7.96. The molecule has 1 aromatic carbocycles. The van der Waals surface area contributed by atoms with Crippen LogP contribution in [-0.4, -0.2) is 11.9 Å². The Hall–Kier alpha value is -1.72. The lowest BCUT2D eigenvalue weighted by Crippen LogP contribution is -2.25. The van der Waals surface area contributed by atoms with Crippen LogP contribution in [0.15, 0.2) is 18.2 Å². The Labute approximate surface area is 164 Å². The molecule has 6 heteroatoms. The topological polar surface area (TPSA) is 41.1 Å². The predicted octanol–water partition coefficient (Wildman–Crippen LogP) is 6.21. The van der Waals surface area contributed by atoms with Gasteiger partial charge < -0.3 is 10.6 Å². The maximum Gasteiger partial charge on any atom is 0.416 e. The number of carbonyl (C=O) groups excluding carboxylic acids is 1. The monoisotopic (exact) mass is 394 g/mol. The zero-order valence-electron chi connectivity index (χ0n) is 16.2. The SMILES string of the molecule is O=C(CC1CC2CCC1C2)Nc1cc(C(F)(F)F)ccc1NC1CCCCC1. The number of rotatable bonds is 5. The lowest BCUT2D eigenvalue weighted by atomic mass is 9.86. The van der Waals surface area contributed by atoms with Gasteiger partial charge in [-0.1, -0.05) is 25.7 Å². The highest BCUT2D eigenvalue weighted by molar-refractivity contribution is 5.94. The van der Waals surface area contributed by atoms with E-state index in [1.807, 2.05) is 0 Å². The maximum absolute atomic E-state index is 13.2. The number of hydrogen-bond donors (Lipinski definition) is 2. The van der Waals surface area contributed by atoms with Crippen LogP contribution >= 0.6 is 0 Å². The number of hydrogen-bond acceptors (Lipinski definition) is 2. The second-order valence-electron chi connectivity index (χ2n) is 8.92. The Morgan fingerprint density at radius 2 is 1.79 bits per heavy atom. The molecule has 3 aliphatic carbocycles. The van der Waals surface area contributed by atoms with E-state index >= 15 is 0 Å². The molecule has 154 valence electrons. The van der Waals surface area contributed by atoms with E-state index < -0.39 is 11.7 Å². The highest BCUT2D eigenvalue weighted by Crippen LogP contribution is 2.49. The van der Waals surface area contributed by atoms with E-state index in [1.54, 1.807) is 0 Å². The molecule has 28 heavy (non-hydrogen) atoms. The fourth-order valence-electron chi connectivity index (χ4n) is 5.48. The van der Waals surface area contributed by atoms with Crippen LogP contribution < -0.4 is 10.6 Å². The van der Waals surface area contributed by atoms with Crippen molar-refractivity contribution in [1.82, 2.24) is 0 Å². The minimum Gasteiger partial charge on any atom is -0.381 e. The van der Waals surface area contributed by atoms with Crippen molar-refractivity contribution in [1.29, 1.82) is 0 Å². The van der Waals surface area contributed by atoms with Gasteiger partial charge in [0, 0.05) is 12.5 Å². The molecule has 0 radical (unpaired) electrons. The van der Waals surface area contributed by atoms with Crippen molar-refractivity contribution in [2.24, 2.45) is 17.8 Å². The number of benzene rings is 1. The highest BCUT2D eigenvalue weighted by Gasteiger charge is 2.40. The lowest BCUT2D eigenvalue weighted by Gasteiger charge is -2.26. The molecule has 3 nitrogen and oxygen atoms in total. The lowest BCUT2D eigenvalue weighted by molar-refractivity contribution is -0.137. The van der Waals surface area contributed by atoms with E-state index in [1.165, 1.54) is 31.7 Å². The molecule has 0 spiro atoms. The highest BCUT2D eigenvalue weighted by atomic mass is 19.4. The second-order valence-corrected chi connectivity index (χ2v) is 8.92. The van der Waals surface area contributed by atoms with Crippen molar-refractivity contribution in [3.8, 4) is 0 Å². The van der Waals surface area contributed by atoms with Gasteiger partial charge in [-0.2, -0.15) is 13.2 Å². The van der Waals surface area contributed by atoms with E-state index in [4.69, 9.17) is 0 Å². The molecule has 3 fully saturated rings. The molecule has 0 aromatic heterocycles. The average Bonchev–Trinajstić information content (AvgIpc) is 3.26. The average molecular weight is 394 g/mol. The number of alkyl halides is 3. The van der Waals surface area contributed by atoms with Crippen molar-refractivity contribution in [2.45, 2.75) is 76.4 Å². The van der Waals surface area contributed by atoms with Gasteiger partial charge in [0.25, 0.3) is 0 Å². The van der Waals surface area contributed by atoms with Gasteiger partial charge in [0.05, 0.1) is 16.9 Å². The Kier molecular flexibility index (Phi) is 5.57. The van der Waals surface area contributed by atoms with Crippen LogP contribution in [0.4, 0.5) is 24.5 Å². The Balaban J connectivity index is 1.47. The van der Waals surface area contributed by atoms with E-state index in [0.29, 0.717) is 23.9 Å². The molecular formula is C22H29F3N2O. The Morgan fingerprint density at radius 3 is 2.43 bits per heavy atom. The molecule has 2 N–H and O–H groups in total. The van der Waals surface area contributed by atoms with Crippen molar-refractivity contribution in [3.05, 3.63) is 23.8 Å². The third-order valence-electron chi connectivity index (χ3n) is 6.92. The quantitative estimate of drug-likeness (QED) is 0.623. The first kappa shape index (κ1) is 19.6. The molecule has 0 heterocycles. The smallest absolute Gasteiger partial charge is 0.381 e. The number of nitrogens with one attached hydrogen (secondary N) is 2. The summed E-state index contributed by atoms with van der Waals surface area (Å²) in [7, 11) is 0. The minimum atomic E-state index is -4.42. The molecule has 3 aliphatic rings. The van der Waals surface area contributed by atoms with Gasteiger partial charge in [0.15, 0.2) is 0 Å². The molecule has 1 aromatic rings. The summed E-state index contributed by atoms with van der Waals surface area (Å²) in [5.74, 6) is 1.60. The Morgan fingerprint density at radius 1 is 1.00 bits per heavy atom. The molecule has 1 amide bonds. The molecule has 3 saturated carbocycles. The molecule has 2 bridgehead atoms. The van der Waals surface area contributed by atoms with Crippen molar-refractivity contribution >= 4 is 17.3 Å². The number of anilines is 2. The summed E-state index contributed by atoms with van der Waals surface area (Å²) in [4.78, 5) is 12.6. The standard InChI is InChI=1S/C22H29F3N2O/c23-22(24,25)17-8-9-19(26-18-4-2-1-3-5-18)20(13-17)27-21(28)12-16-11-14-6-7-15(16)10-14/h8-9,13-16,18,26H,1-7,10-12H2,(H,27,28). The summed E-state index contributed by atoms with van der Waals surface area (Å²) in [5.41, 5.74) is 0.131. The number of halogens is 3. The number of amides is 1. The molecule has 3 atom stereocenters. The summed E-state index contributed by atoms with van der Waals surface area (Å²) in [5, 5.41) is 6.17. The third-order valence-corrected chi connectivity index (χ3v) is 6.92. The molecule has 3 unspecified atom stereocenters. The summed E-state index contributed by atoms with van der Waals surface area (Å²) in [6.07, 6.45) is 6.26. The van der Waals surface area contributed by atoms with Crippen molar-refractivity contribution in [3.63, 3.8) is 0 Å². The third kappa shape index (κ3) is 4.47. The Bertz CT molecular complexity index is 712. The van der Waals surface area contributed by atoms with Crippen LogP contribution in [-0.2, 0) is 11.0 Å². The van der Waals surface area contributed by atoms with Crippen LogP contribution in [0.5, 0.6) is 0 Å². The van der Waals surface area contributed by atoms with Gasteiger partial charge >= 0.3 is 6.18 Å². The van der Waals surface area contributed by atoms with Gasteiger partial charge in [0.1, 0.15) is 0 Å². The van der Waals surface area contributed by atoms with Crippen LogP contribution in [0.3, 0.4) is 0 Å². The van der Waals surface area contributed by atoms with E-state index in [9.17, 15) is 18.0 Å². The fraction of sp³-hybridized carbons (Fsp3) is 0.682. The van der Waals surface area contributed by atoms with Gasteiger partial charge in [0.2, 0.25) is 5.91 Å². The van der Waals surface area contributed by atoms with Gasteiger partial charge in [-0.3, -0.25) is 4.79 Å². The van der Waals surface area contributed by atoms with E-state index in [2.05, 4.69) is 10.6 Å². The zero-order chi connectivity index (χ0) is 19.7. The van der Waals surface area contributed by atoms with Gasteiger partial charge in [-0.05, 0) is 68.1 Å². The molecular weight excluding hydrogens is 365 g/mol. The van der Waals surface area contributed by atoms with Gasteiger partial charge in [-0.25, -0.2) is 0 Å². The minimum absolute atomic E-state index is 0.163. The molecule has 4 rings (SSSR count). The van der Waals surface area contributed by atoms with Crippen LogP contribution in [0.1, 0.15) is 69.8 Å². The fourth-order valence-corrected chi connectivity index (χ4v) is 5.48. The summed E-state index contributed by atoms with van der Waals surface area (Å²) in [6, 6.07) is 3.89. The predicted molar refractivity (Wildman–Crippen MR) is 104 cm³/mol. The van der Waals surface area contributed by atoms with E-state index in [0.717, 1.165) is 50.2 Å². The summed E-state index contributed by atoms with van der Waals surface area (Å²) < 4.78 is 39.6. The van der Waals surface area contributed by atoms with Crippen LogP contribution in [0, 0.1) is 17.8 Å². The zero-order valence-corrected chi connectivity index (χ0v) is 16.2. The maximum atomic E-state index is 13.2.